The average Bonchev–Trinajstić information content (AvgIpc) is 2.41. The van der Waals surface area contributed by atoms with Gasteiger partial charge in [-0.3, -0.25) is 0 Å². The molecule has 0 bridgehead atoms. The first-order valence-electron chi connectivity index (χ1n) is 6.52. The molecule has 2 aromatic rings. The Hall–Kier alpha value is -1.60. The van der Waals surface area contributed by atoms with Crippen molar-refractivity contribution in [2.24, 2.45) is 0 Å². The van der Waals surface area contributed by atoms with Gasteiger partial charge in [0.05, 0.1) is 0 Å². The summed E-state index contributed by atoms with van der Waals surface area (Å²) in [7, 11) is 0. The van der Waals surface area contributed by atoms with Crippen molar-refractivity contribution in [2.75, 3.05) is 0 Å². The molecule has 0 heterocycles. The maximum atomic E-state index is 3.58. The van der Waals surface area contributed by atoms with E-state index in [1.54, 1.807) is 0 Å². The van der Waals surface area contributed by atoms with E-state index in [9.17, 15) is 0 Å². The fourth-order valence-electron chi connectivity index (χ4n) is 2.13. The van der Waals surface area contributed by atoms with E-state index in [0.717, 1.165) is 6.54 Å². The molecule has 1 N–H and O–H groups in total. The molecule has 0 saturated carbocycles. The van der Waals surface area contributed by atoms with Crippen LogP contribution < -0.4 is 5.32 Å². The van der Waals surface area contributed by atoms with Gasteiger partial charge in [0.25, 0.3) is 0 Å². The highest BCUT2D eigenvalue weighted by molar-refractivity contribution is 5.33. The Morgan fingerprint density at radius 2 is 1.67 bits per heavy atom. The molecular weight excluding hydrogens is 218 g/mol. The van der Waals surface area contributed by atoms with Crippen molar-refractivity contribution < 1.29 is 0 Å². The third-order valence-corrected chi connectivity index (χ3v) is 3.62. The van der Waals surface area contributed by atoms with E-state index in [-0.39, 0.29) is 0 Å². The molecule has 2 aromatic carbocycles. The van der Waals surface area contributed by atoms with Crippen LogP contribution in [0.2, 0.25) is 0 Å². The Kier molecular flexibility index (Phi) is 4.16. The first-order valence-corrected chi connectivity index (χ1v) is 6.52. The van der Waals surface area contributed by atoms with Crippen molar-refractivity contribution in [3.63, 3.8) is 0 Å². The van der Waals surface area contributed by atoms with Crippen LogP contribution in [0.25, 0.3) is 0 Å². The minimum absolute atomic E-state index is 0.381. The number of hydrogen-bond acceptors (Lipinski definition) is 1. The van der Waals surface area contributed by atoms with Crippen LogP contribution in [-0.2, 0) is 6.54 Å². The zero-order chi connectivity index (χ0) is 13.0. The van der Waals surface area contributed by atoms with E-state index in [0.29, 0.717) is 6.04 Å². The van der Waals surface area contributed by atoms with E-state index in [4.69, 9.17) is 0 Å². The summed E-state index contributed by atoms with van der Waals surface area (Å²) < 4.78 is 0. The Balaban J connectivity index is 2.02. The molecule has 0 radical (unpaired) electrons. The predicted octanol–water partition coefficient (Wildman–Crippen LogP) is 4.15. The summed E-state index contributed by atoms with van der Waals surface area (Å²) >= 11 is 0. The molecule has 94 valence electrons. The smallest absolute Gasteiger partial charge is 0.0294 e. The van der Waals surface area contributed by atoms with Crippen LogP contribution in [0.3, 0.4) is 0 Å². The summed E-state index contributed by atoms with van der Waals surface area (Å²) in [5, 5.41) is 3.58. The zero-order valence-corrected chi connectivity index (χ0v) is 11.4. The highest BCUT2D eigenvalue weighted by Gasteiger charge is 2.05. The number of rotatable bonds is 4. The van der Waals surface area contributed by atoms with Crippen molar-refractivity contribution in [1.82, 2.24) is 5.32 Å². The molecular formula is C17H21N. The molecule has 0 amide bonds. The van der Waals surface area contributed by atoms with E-state index < -0.39 is 0 Å². The summed E-state index contributed by atoms with van der Waals surface area (Å²) in [4.78, 5) is 0. The monoisotopic (exact) mass is 239 g/mol. The molecule has 1 unspecified atom stereocenters. The second kappa shape index (κ2) is 5.83. The second-order valence-electron chi connectivity index (χ2n) is 4.87. The van der Waals surface area contributed by atoms with E-state index >= 15 is 0 Å². The standard InChI is InChI=1S/C17H21N/c1-13-8-7-11-17(14(13)2)12-18-15(3)16-9-5-4-6-10-16/h4-11,15,18H,12H2,1-3H3. The van der Waals surface area contributed by atoms with Crippen molar-refractivity contribution in [3.8, 4) is 0 Å². The summed E-state index contributed by atoms with van der Waals surface area (Å²) in [6, 6.07) is 17.4. The van der Waals surface area contributed by atoms with Crippen molar-refractivity contribution in [3.05, 3.63) is 70.8 Å². The van der Waals surface area contributed by atoms with Gasteiger partial charge in [0.1, 0.15) is 0 Å². The lowest BCUT2D eigenvalue weighted by Crippen LogP contribution is -2.18. The maximum absolute atomic E-state index is 3.58. The molecule has 2 rings (SSSR count). The van der Waals surface area contributed by atoms with Gasteiger partial charge in [0.2, 0.25) is 0 Å². The largest absolute Gasteiger partial charge is 0.306 e. The van der Waals surface area contributed by atoms with E-state index in [2.05, 4.69) is 74.6 Å². The minimum Gasteiger partial charge on any atom is -0.306 e. The van der Waals surface area contributed by atoms with E-state index in [1.807, 2.05) is 0 Å². The first-order chi connectivity index (χ1) is 8.68. The highest BCUT2D eigenvalue weighted by Crippen LogP contribution is 2.15. The Labute approximate surface area is 110 Å². The van der Waals surface area contributed by atoms with Crippen molar-refractivity contribution >= 4 is 0 Å². The number of benzene rings is 2. The van der Waals surface area contributed by atoms with Gasteiger partial charge in [-0.05, 0) is 43.0 Å². The van der Waals surface area contributed by atoms with Crippen molar-refractivity contribution in [1.29, 1.82) is 0 Å². The van der Waals surface area contributed by atoms with Crippen molar-refractivity contribution in [2.45, 2.75) is 33.4 Å². The van der Waals surface area contributed by atoms with Gasteiger partial charge in [-0.1, -0.05) is 48.5 Å². The number of nitrogens with one attached hydrogen (secondary N) is 1. The SMILES string of the molecule is Cc1cccc(CNC(C)c2ccccc2)c1C. The van der Waals surface area contributed by atoms with Crippen LogP contribution in [-0.4, -0.2) is 0 Å². The molecule has 1 heteroatoms. The third-order valence-electron chi connectivity index (χ3n) is 3.62. The van der Waals surface area contributed by atoms with Crippen LogP contribution in [0.4, 0.5) is 0 Å². The Morgan fingerprint density at radius 1 is 0.944 bits per heavy atom. The second-order valence-corrected chi connectivity index (χ2v) is 4.87. The van der Waals surface area contributed by atoms with Crippen LogP contribution in [0.5, 0.6) is 0 Å². The number of aryl methyl sites for hydroxylation is 1. The fourth-order valence-corrected chi connectivity index (χ4v) is 2.13. The molecule has 18 heavy (non-hydrogen) atoms. The molecule has 1 atom stereocenters. The fraction of sp³-hybridized carbons (Fsp3) is 0.294. The quantitative estimate of drug-likeness (QED) is 0.845. The summed E-state index contributed by atoms with van der Waals surface area (Å²) in [6.45, 7) is 7.49. The Bertz CT molecular complexity index is 502. The van der Waals surface area contributed by atoms with Gasteiger partial charge >= 0.3 is 0 Å². The minimum atomic E-state index is 0.381. The Morgan fingerprint density at radius 3 is 2.39 bits per heavy atom. The van der Waals surface area contributed by atoms with Gasteiger partial charge in [-0.2, -0.15) is 0 Å². The molecule has 1 nitrogen and oxygen atoms in total. The molecule has 0 saturated heterocycles. The predicted molar refractivity (Wildman–Crippen MR) is 77.6 cm³/mol. The molecule has 0 aromatic heterocycles. The lowest BCUT2D eigenvalue weighted by atomic mass is 10.0. The normalized spacial score (nSPS) is 12.4. The van der Waals surface area contributed by atoms with Gasteiger partial charge in [0.15, 0.2) is 0 Å². The lowest BCUT2D eigenvalue weighted by Gasteiger charge is -2.16. The molecule has 0 fully saturated rings. The van der Waals surface area contributed by atoms with Gasteiger partial charge in [-0.25, -0.2) is 0 Å². The summed E-state index contributed by atoms with van der Waals surface area (Å²) in [5.41, 5.74) is 5.48. The van der Waals surface area contributed by atoms with E-state index in [1.165, 1.54) is 22.3 Å². The number of hydrogen-bond donors (Lipinski definition) is 1. The molecule has 0 aliphatic rings. The zero-order valence-electron chi connectivity index (χ0n) is 11.4. The van der Waals surface area contributed by atoms with Crippen LogP contribution >= 0.6 is 0 Å². The topological polar surface area (TPSA) is 12.0 Å². The van der Waals surface area contributed by atoms with Gasteiger partial charge in [-0.15, -0.1) is 0 Å². The lowest BCUT2D eigenvalue weighted by molar-refractivity contribution is 0.573. The molecule has 0 aliphatic heterocycles. The van der Waals surface area contributed by atoms with Crippen LogP contribution in [0.1, 0.15) is 35.2 Å². The summed E-state index contributed by atoms with van der Waals surface area (Å²) in [6.07, 6.45) is 0. The third kappa shape index (κ3) is 2.99. The average molecular weight is 239 g/mol. The van der Waals surface area contributed by atoms with Gasteiger partial charge < -0.3 is 5.32 Å². The van der Waals surface area contributed by atoms with Gasteiger partial charge in [0, 0.05) is 12.6 Å². The van der Waals surface area contributed by atoms with Crippen LogP contribution in [0, 0.1) is 13.8 Å². The highest BCUT2D eigenvalue weighted by atomic mass is 14.9. The summed E-state index contributed by atoms with van der Waals surface area (Å²) in [5.74, 6) is 0. The molecule has 0 aliphatic carbocycles. The van der Waals surface area contributed by atoms with Crippen LogP contribution in [0.15, 0.2) is 48.5 Å². The first kappa shape index (κ1) is 12.8. The molecule has 0 spiro atoms. The maximum Gasteiger partial charge on any atom is 0.0294 e.